The number of benzene rings is 2. The number of carbonyl (C=O) groups excluding carboxylic acids is 1. The van der Waals surface area contributed by atoms with Crippen molar-refractivity contribution in [2.75, 3.05) is 5.32 Å². The van der Waals surface area contributed by atoms with Gasteiger partial charge in [0.1, 0.15) is 17.5 Å². The molecule has 34 heavy (non-hydrogen) atoms. The van der Waals surface area contributed by atoms with E-state index in [4.69, 9.17) is 26.0 Å². The Kier molecular flexibility index (Phi) is 7.63. The zero-order valence-corrected chi connectivity index (χ0v) is 20.2. The van der Waals surface area contributed by atoms with Crippen LogP contribution in [0, 0.1) is 6.92 Å². The highest BCUT2D eigenvalue weighted by atomic mass is 35.5. The molecule has 9 nitrogen and oxygen atoms in total. The number of carboxylic acids is 1. The van der Waals surface area contributed by atoms with E-state index in [9.17, 15) is 18.0 Å². The number of rotatable bonds is 8. The Balaban J connectivity index is 1.75. The minimum atomic E-state index is -3.87. The molecule has 1 aromatic heterocycles. The Labute approximate surface area is 201 Å². The quantitative estimate of drug-likeness (QED) is 0.435. The molecule has 0 bridgehead atoms. The van der Waals surface area contributed by atoms with Crippen LogP contribution in [0.3, 0.4) is 0 Å². The predicted molar refractivity (Wildman–Crippen MR) is 126 cm³/mol. The van der Waals surface area contributed by atoms with Crippen LogP contribution in [0.15, 0.2) is 53.1 Å². The maximum absolute atomic E-state index is 12.5. The van der Waals surface area contributed by atoms with Crippen molar-refractivity contribution in [2.24, 2.45) is 0 Å². The third kappa shape index (κ3) is 5.75. The van der Waals surface area contributed by atoms with Crippen molar-refractivity contribution in [1.82, 2.24) is 5.16 Å². The summed E-state index contributed by atoms with van der Waals surface area (Å²) in [6, 6.07) is 13.3. The molecule has 0 radical (unpaired) electrons. The molecule has 0 spiro atoms. The fraction of sp³-hybridized carbons (Fsp3) is 0.261. The van der Waals surface area contributed by atoms with Gasteiger partial charge in [-0.3, -0.25) is 10.1 Å². The number of nitrogens with zero attached hydrogens (tertiary/aromatic N) is 1. The number of aromatic nitrogens is 1. The van der Waals surface area contributed by atoms with Crippen LogP contribution in [0.1, 0.15) is 36.8 Å². The molecule has 0 aliphatic carbocycles. The molecule has 0 saturated carbocycles. The minimum absolute atomic E-state index is 0.258. The number of aliphatic carboxylic acids is 1. The second-order valence-corrected chi connectivity index (χ2v) is 10.4. The Morgan fingerprint density at radius 1 is 1.15 bits per heavy atom. The first kappa shape index (κ1) is 25.3. The van der Waals surface area contributed by atoms with Gasteiger partial charge in [-0.05, 0) is 32.4 Å². The molecule has 2 N–H and O–H groups in total. The zero-order valence-electron chi connectivity index (χ0n) is 18.6. The fourth-order valence-electron chi connectivity index (χ4n) is 3.14. The highest BCUT2D eigenvalue weighted by Crippen LogP contribution is 2.32. The maximum Gasteiger partial charge on any atom is 0.412 e. The lowest BCUT2D eigenvalue weighted by Gasteiger charge is -2.15. The van der Waals surface area contributed by atoms with Gasteiger partial charge in [0, 0.05) is 16.1 Å². The minimum Gasteiger partial charge on any atom is -0.480 e. The van der Waals surface area contributed by atoms with Crippen LogP contribution >= 0.6 is 11.6 Å². The van der Waals surface area contributed by atoms with Crippen molar-refractivity contribution in [2.45, 2.75) is 37.9 Å². The summed E-state index contributed by atoms with van der Waals surface area (Å²) >= 11 is 6.16. The van der Waals surface area contributed by atoms with E-state index in [1.54, 1.807) is 62.4 Å². The van der Waals surface area contributed by atoms with Crippen molar-refractivity contribution in [3.8, 4) is 11.3 Å². The molecule has 2 unspecified atom stereocenters. The van der Waals surface area contributed by atoms with Gasteiger partial charge in [0.25, 0.3) is 0 Å². The number of aryl methyl sites for hydroxylation is 1. The van der Waals surface area contributed by atoms with E-state index in [0.29, 0.717) is 33.1 Å². The van der Waals surface area contributed by atoms with Crippen LogP contribution in [0.4, 0.5) is 10.5 Å². The summed E-state index contributed by atoms with van der Waals surface area (Å²) in [6.07, 6.45) is -1.34. The lowest BCUT2D eigenvalue weighted by Crippen LogP contribution is -2.28. The largest absolute Gasteiger partial charge is 0.480 e. The highest BCUT2D eigenvalue weighted by molar-refractivity contribution is 7.91. The Hall–Kier alpha value is -3.37. The van der Waals surface area contributed by atoms with E-state index >= 15 is 0 Å². The van der Waals surface area contributed by atoms with Gasteiger partial charge in [-0.15, -0.1) is 0 Å². The van der Waals surface area contributed by atoms with Crippen LogP contribution in [0.5, 0.6) is 0 Å². The molecular weight excluding hydrogens is 484 g/mol. The molecule has 3 rings (SSSR count). The van der Waals surface area contributed by atoms with Gasteiger partial charge in [-0.2, -0.15) is 0 Å². The smallest absolute Gasteiger partial charge is 0.412 e. The first-order valence-electron chi connectivity index (χ1n) is 10.2. The van der Waals surface area contributed by atoms with Gasteiger partial charge >= 0.3 is 12.1 Å². The molecule has 2 aromatic carbocycles. The predicted octanol–water partition coefficient (Wildman–Crippen LogP) is 5.00. The lowest BCUT2D eigenvalue weighted by molar-refractivity contribution is -0.136. The van der Waals surface area contributed by atoms with Gasteiger partial charge < -0.3 is 14.4 Å². The van der Waals surface area contributed by atoms with E-state index in [-0.39, 0.29) is 5.76 Å². The average molecular weight is 507 g/mol. The van der Waals surface area contributed by atoms with Crippen LogP contribution < -0.4 is 5.32 Å². The van der Waals surface area contributed by atoms with Crippen molar-refractivity contribution in [3.05, 3.63) is 70.4 Å². The van der Waals surface area contributed by atoms with E-state index < -0.39 is 39.0 Å². The van der Waals surface area contributed by atoms with Crippen LogP contribution in [-0.4, -0.2) is 36.0 Å². The van der Waals surface area contributed by atoms with Crippen molar-refractivity contribution in [3.63, 3.8) is 0 Å². The summed E-state index contributed by atoms with van der Waals surface area (Å²) in [5.74, 6) is -1.57. The third-order valence-electron chi connectivity index (χ3n) is 5.19. The van der Waals surface area contributed by atoms with E-state index in [2.05, 4.69) is 10.5 Å². The normalized spacial score (nSPS) is 13.2. The number of anilines is 1. The number of hydrogen-bond acceptors (Lipinski definition) is 7. The Morgan fingerprint density at radius 3 is 2.41 bits per heavy atom. The number of hydrogen-bond donors (Lipinski definition) is 2. The lowest BCUT2D eigenvalue weighted by atomic mass is 10.1. The van der Waals surface area contributed by atoms with E-state index in [1.807, 2.05) is 0 Å². The van der Waals surface area contributed by atoms with Gasteiger partial charge in [0.05, 0.1) is 5.75 Å². The Morgan fingerprint density at radius 2 is 1.79 bits per heavy atom. The second-order valence-electron chi connectivity index (χ2n) is 7.65. The molecule has 11 heteroatoms. The average Bonchev–Trinajstić information content (AvgIpc) is 3.13. The fourth-order valence-corrected chi connectivity index (χ4v) is 4.64. The number of carboxylic acid groups (broad SMARTS) is 1. The monoisotopic (exact) mass is 506 g/mol. The number of nitrogens with one attached hydrogen (secondary N) is 1. The SMILES string of the molecule is Cc1noc(-c2ccc(CS(=O)(=O)C(C)C(=O)O)cc2)c1NC(=O)OC(C)c1ccccc1Cl. The molecule has 0 aliphatic rings. The van der Waals surface area contributed by atoms with E-state index in [1.165, 1.54) is 0 Å². The van der Waals surface area contributed by atoms with Gasteiger partial charge in [0.2, 0.25) is 0 Å². The van der Waals surface area contributed by atoms with Crippen LogP contribution in [0.25, 0.3) is 11.3 Å². The molecule has 1 heterocycles. The summed E-state index contributed by atoms with van der Waals surface area (Å²) in [5, 5.41) is 14.5. The summed E-state index contributed by atoms with van der Waals surface area (Å²) in [7, 11) is -3.87. The number of carbonyl (C=O) groups is 2. The first-order valence-corrected chi connectivity index (χ1v) is 12.3. The molecular formula is C23H23ClN2O7S. The highest BCUT2D eigenvalue weighted by Gasteiger charge is 2.28. The molecule has 180 valence electrons. The van der Waals surface area contributed by atoms with Crippen molar-refractivity contribution < 1.29 is 32.4 Å². The third-order valence-corrected chi connectivity index (χ3v) is 7.55. The Bertz CT molecular complexity index is 1300. The van der Waals surface area contributed by atoms with Crippen LogP contribution in [0.2, 0.25) is 5.02 Å². The molecule has 0 aliphatic heterocycles. The summed E-state index contributed by atoms with van der Waals surface area (Å²) in [6.45, 7) is 4.47. The first-order chi connectivity index (χ1) is 16.0. The standard InChI is InChI=1S/C23H23ClN2O7S/c1-13-20(25-23(29)32-14(2)18-6-4-5-7-19(18)24)21(33-26-13)17-10-8-16(9-11-17)12-34(30,31)15(3)22(27)28/h4-11,14-15H,12H2,1-3H3,(H,25,29)(H,27,28). The van der Waals surface area contributed by atoms with Crippen molar-refractivity contribution in [1.29, 1.82) is 0 Å². The molecule has 0 fully saturated rings. The summed E-state index contributed by atoms with van der Waals surface area (Å²) in [5.41, 5.74) is 2.32. The summed E-state index contributed by atoms with van der Waals surface area (Å²) in [4.78, 5) is 23.5. The topological polar surface area (TPSA) is 136 Å². The number of amides is 1. The van der Waals surface area contributed by atoms with Gasteiger partial charge in [-0.1, -0.05) is 59.2 Å². The molecule has 0 saturated heterocycles. The van der Waals surface area contributed by atoms with Crippen molar-refractivity contribution >= 4 is 39.2 Å². The second kappa shape index (κ2) is 10.3. The van der Waals surface area contributed by atoms with Crippen LogP contribution in [-0.2, 0) is 25.1 Å². The molecule has 3 aromatic rings. The zero-order chi connectivity index (χ0) is 25.0. The molecule has 2 atom stereocenters. The number of halogens is 1. The molecule has 1 amide bonds. The van der Waals surface area contributed by atoms with E-state index in [0.717, 1.165) is 6.92 Å². The summed E-state index contributed by atoms with van der Waals surface area (Å²) < 4.78 is 35.2. The number of ether oxygens (including phenoxy) is 1. The van der Waals surface area contributed by atoms with Gasteiger partial charge in [-0.25, -0.2) is 13.2 Å². The maximum atomic E-state index is 12.5. The number of sulfone groups is 1. The van der Waals surface area contributed by atoms with Gasteiger partial charge in [0.15, 0.2) is 20.8 Å².